The molecule has 0 aliphatic rings. The van der Waals surface area contributed by atoms with Crippen LogP contribution in [0.25, 0.3) is 0 Å². The second kappa shape index (κ2) is 7.55. The van der Waals surface area contributed by atoms with Crippen molar-refractivity contribution < 1.29 is 0 Å². The highest BCUT2D eigenvalue weighted by Crippen LogP contribution is 2.22. The summed E-state index contributed by atoms with van der Waals surface area (Å²) in [5.41, 5.74) is 1.77. The molecule has 0 spiro atoms. The van der Waals surface area contributed by atoms with Crippen molar-refractivity contribution in [2.24, 2.45) is 5.41 Å². The van der Waals surface area contributed by atoms with Crippen LogP contribution >= 0.6 is 0 Å². The molecule has 1 unspecified atom stereocenters. The molecule has 1 N–H and O–H groups in total. The van der Waals surface area contributed by atoms with Gasteiger partial charge in [0.15, 0.2) is 0 Å². The monoisotopic (exact) mass is 248 g/mol. The Hall–Kier alpha value is -0.860. The van der Waals surface area contributed by atoms with Crippen LogP contribution < -0.4 is 5.32 Å². The average molecular weight is 248 g/mol. The summed E-state index contributed by atoms with van der Waals surface area (Å²) in [6.07, 6.45) is 1.21. The lowest BCUT2D eigenvalue weighted by Crippen LogP contribution is -2.41. The predicted octanol–water partition coefficient (Wildman–Crippen LogP) is 3.14. The van der Waals surface area contributed by atoms with Crippen molar-refractivity contribution >= 4 is 0 Å². The number of hydrogen-bond acceptors (Lipinski definition) is 2. The Kier molecular flexibility index (Phi) is 6.37. The molecule has 0 radical (unpaired) electrons. The molecule has 0 aliphatic heterocycles. The molecule has 0 aromatic heterocycles. The third-order valence-electron chi connectivity index (χ3n) is 3.76. The van der Waals surface area contributed by atoms with Gasteiger partial charge >= 0.3 is 0 Å². The molecule has 1 aromatic rings. The largest absolute Gasteiger partial charge is 0.319 e. The van der Waals surface area contributed by atoms with E-state index in [1.165, 1.54) is 12.0 Å². The van der Waals surface area contributed by atoms with Gasteiger partial charge in [-0.2, -0.15) is 0 Å². The molecule has 0 fully saturated rings. The first-order valence-electron chi connectivity index (χ1n) is 7.04. The molecule has 2 nitrogen and oxygen atoms in total. The molecule has 0 saturated carbocycles. The molecule has 1 aromatic carbocycles. The molecule has 2 heteroatoms. The third-order valence-corrected chi connectivity index (χ3v) is 3.76. The number of rotatable bonds is 8. The summed E-state index contributed by atoms with van der Waals surface area (Å²) >= 11 is 0. The maximum atomic E-state index is 3.33. The van der Waals surface area contributed by atoms with Crippen LogP contribution in [0.3, 0.4) is 0 Å². The highest BCUT2D eigenvalue weighted by atomic mass is 15.1. The zero-order valence-corrected chi connectivity index (χ0v) is 12.4. The van der Waals surface area contributed by atoms with Gasteiger partial charge < -0.3 is 5.32 Å². The topological polar surface area (TPSA) is 15.3 Å². The normalized spacial score (nSPS) is 14.7. The Morgan fingerprint density at radius 3 is 2.33 bits per heavy atom. The first-order chi connectivity index (χ1) is 8.63. The SMILES string of the molecule is CCN(Cc1ccccc1)CC(C)(CC)CNC. The van der Waals surface area contributed by atoms with Gasteiger partial charge in [-0.15, -0.1) is 0 Å². The van der Waals surface area contributed by atoms with Crippen molar-refractivity contribution in [3.63, 3.8) is 0 Å². The minimum Gasteiger partial charge on any atom is -0.319 e. The van der Waals surface area contributed by atoms with Gasteiger partial charge in [-0.3, -0.25) is 4.90 Å². The van der Waals surface area contributed by atoms with Crippen LogP contribution in [0.1, 0.15) is 32.8 Å². The molecular weight excluding hydrogens is 220 g/mol. The summed E-state index contributed by atoms with van der Waals surface area (Å²) in [5.74, 6) is 0. The first kappa shape index (κ1) is 15.2. The van der Waals surface area contributed by atoms with Crippen LogP contribution in [-0.2, 0) is 6.54 Å². The lowest BCUT2D eigenvalue weighted by atomic mass is 9.86. The van der Waals surface area contributed by atoms with E-state index in [9.17, 15) is 0 Å². The fourth-order valence-corrected chi connectivity index (χ4v) is 2.38. The van der Waals surface area contributed by atoms with Crippen molar-refractivity contribution in [1.29, 1.82) is 0 Å². The van der Waals surface area contributed by atoms with Crippen LogP contribution in [-0.4, -0.2) is 31.6 Å². The lowest BCUT2D eigenvalue weighted by Gasteiger charge is -2.34. The minimum absolute atomic E-state index is 0.361. The molecule has 0 saturated heterocycles. The van der Waals surface area contributed by atoms with Gasteiger partial charge in [0.25, 0.3) is 0 Å². The van der Waals surface area contributed by atoms with Crippen molar-refractivity contribution in [3.05, 3.63) is 35.9 Å². The fourth-order valence-electron chi connectivity index (χ4n) is 2.38. The highest BCUT2D eigenvalue weighted by Gasteiger charge is 2.23. The van der Waals surface area contributed by atoms with Gasteiger partial charge in [-0.05, 0) is 31.0 Å². The van der Waals surface area contributed by atoms with Crippen molar-refractivity contribution in [2.45, 2.75) is 33.7 Å². The maximum absolute atomic E-state index is 3.33. The Balaban J connectivity index is 2.61. The second-order valence-electron chi connectivity index (χ2n) is 5.48. The van der Waals surface area contributed by atoms with E-state index in [0.29, 0.717) is 5.41 Å². The predicted molar refractivity (Wildman–Crippen MR) is 79.7 cm³/mol. The first-order valence-corrected chi connectivity index (χ1v) is 7.04. The number of nitrogens with one attached hydrogen (secondary N) is 1. The quantitative estimate of drug-likeness (QED) is 0.760. The van der Waals surface area contributed by atoms with Crippen LogP contribution in [0, 0.1) is 5.41 Å². The van der Waals surface area contributed by atoms with Crippen molar-refractivity contribution in [3.8, 4) is 0 Å². The molecule has 1 atom stereocenters. The molecular formula is C16H28N2. The lowest BCUT2D eigenvalue weighted by molar-refractivity contribution is 0.157. The van der Waals surface area contributed by atoms with Gasteiger partial charge in [0.2, 0.25) is 0 Å². The van der Waals surface area contributed by atoms with E-state index in [0.717, 1.165) is 26.2 Å². The van der Waals surface area contributed by atoms with E-state index in [1.807, 2.05) is 7.05 Å². The number of nitrogens with zero attached hydrogens (tertiary/aromatic N) is 1. The molecule has 0 aliphatic carbocycles. The summed E-state index contributed by atoms with van der Waals surface area (Å²) in [6, 6.07) is 10.7. The zero-order chi connectivity index (χ0) is 13.4. The van der Waals surface area contributed by atoms with Crippen LogP contribution in [0.5, 0.6) is 0 Å². The van der Waals surface area contributed by atoms with E-state index in [4.69, 9.17) is 0 Å². The van der Waals surface area contributed by atoms with E-state index < -0.39 is 0 Å². The molecule has 0 heterocycles. The highest BCUT2D eigenvalue weighted by molar-refractivity contribution is 5.14. The Bertz CT molecular complexity index is 323. The summed E-state index contributed by atoms with van der Waals surface area (Å²) in [7, 11) is 2.04. The molecule has 0 bridgehead atoms. The van der Waals surface area contributed by atoms with Gasteiger partial charge in [0.1, 0.15) is 0 Å². The zero-order valence-electron chi connectivity index (χ0n) is 12.4. The minimum atomic E-state index is 0.361. The van der Waals surface area contributed by atoms with Crippen molar-refractivity contribution in [1.82, 2.24) is 10.2 Å². The molecule has 18 heavy (non-hydrogen) atoms. The maximum Gasteiger partial charge on any atom is 0.0233 e. The van der Waals surface area contributed by atoms with Crippen molar-refractivity contribution in [2.75, 3.05) is 26.7 Å². The second-order valence-corrected chi connectivity index (χ2v) is 5.48. The summed E-state index contributed by atoms with van der Waals surface area (Å²) < 4.78 is 0. The van der Waals surface area contributed by atoms with Gasteiger partial charge in [0.05, 0.1) is 0 Å². The Morgan fingerprint density at radius 1 is 1.17 bits per heavy atom. The van der Waals surface area contributed by atoms with Crippen LogP contribution in [0.2, 0.25) is 0 Å². The summed E-state index contributed by atoms with van der Waals surface area (Å²) in [5, 5.41) is 3.33. The standard InChI is InChI=1S/C16H28N2/c1-5-16(3,13-17-4)14-18(6-2)12-15-10-8-7-9-11-15/h7-11,17H,5-6,12-14H2,1-4H3. The van der Waals surface area contributed by atoms with E-state index in [-0.39, 0.29) is 0 Å². The van der Waals surface area contributed by atoms with Gasteiger partial charge in [-0.25, -0.2) is 0 Å². The number of hydrogen-bond donors (Lipinski definition) is 1. The van der Waals surface area contributed by atoms with E-state index >= 15 is 0 Å². The number of benzene rings is 1. The van der Waals surface area contributed by atoms with Crippen LogP contribution in [0.15, 0.2) is 30.3 Å². The van der Waals surface area contributed by atoms with E-state index in [2.05, 4.69) is 61.3 Å². The Labute approximate surface area is 112 Å². The molecule has 102 valence electrons. The third kappa shape index (κ3) is 4.79. The van der Waals surface area contributed by atoms with E-state index in [1.54, 1.807) is 0 Å². The fraction of sp³-hybridized carbons (Fsp3) is 0.625. The average Bonchev–Trinajstić information content (AvgIpc) is 2.39. The van der Waals surface area contributed by atoms with Gasteiger partial charge in [-0.1, -0.05) is 51.1 Å². The smallest absolute Gasteiger partial charge is 0.0233 e. The summed E-state index contributed by atoms with van der Waals surface area (Å²) in [6.45, 7) is 11.3. The Morgan fingerprint density at radius 2 is 1.83 bits per heavy atom. The summed E-state index contributed by atoms with van der Waals surface area (Å²) in [4.78, 5) is 2.54. The molecule has 0 amide bonds. The molecule has 1 rings (SSSR count). The van der Waals surface area contributed by atoms with Gasteiger partial charge in [0, 0.05) is 19.6 Å². The van der Waals surface area contributed by atoms with Crippen LogP contribution in [0.4, 0.5) is 0 Å².